The summed E-state index contributed by atoms with van der Waals surface area (Å²) in [6, 6.07) is -0.0408. The minimum Gasteiger partial charge on any atom is -0.469 e. The maximum atomic E-state index is 13.0. The molecule has 0 aromatic carbocycles. The smallest absolute Gasteiger partial charge is 0.415 e. The molecule has 0 radical (unpaired) electrons. The highest BCUT2D eigenvalue weighted by atomic mass is 16.7. The Morgan fingerprint density at radius 1 is 0.929 bits per heavy atom. The lowest BCUT2D eigenvalue weighted by Gasteiger charge is -2.35. The molecule has 1 aliphatic heterocycles. The van der Waals surface area contributed by atoms with Gasteiger partial charge in [-0.25, -0.2) is 24.7 Å². The summed E-state index contributed by atoms with van der Waals surface area (Å²) in [5.41, 5.74) is 0.757. The van der Waals surface area contributed by atoms with Gasteiger partial charge >= 0.3 is 24.1 Å². The summed E-state index contributed by atoms with van der Waals surface area (Å²) in [6.45, 7) is 2.54. The quantitative estimate of drug-likeness (QED) is 0.283. The summed E-state index contributed by atoms with van der Waals surface area (Å²) in [5.74, 6) is -3.06. The number of amides is 1. The Morgan fingerprint density at radius 2 is 1.64 bits per heavy atom. The number of methoxy groups -OCH3 is 1. The molecule has 1 saturated heterocycles. The van der Waals surface area contributed by atoms with Crippen LogP contribution in [0, 0.1) is 0 Å². The third-order valence-electron chi connectivity index (χ3n) is 6.72. The van der Waals surface area contributed by atoms with Gasteiger partial charge < -0.3 is 39.0 Å². The maximum Gasteiger partial charge on any atom is 0.415 e. The molecule has 2 fully saturated rings. The zero-order valence-electron chi connectivity index (χ0n) is 23.0. The van der Waals surface area contributed by atoms with Gasteiger partial charge in [0.1, 0.15) is 17.8 Å². The van der Waals surface area contributed by atoms with E-state index in [1.165, 1.54) is 24.4 Å². The van der Waals surface area contributed by atoms with E-state index in [0.29, 0.717) is 56.0 Å². The summed E-state index contributed by atoms with van der Waals surface area (Å²) >= 11 is 0. The minimum atomic E-state index is -3.18. The third kappa shape index (κ3) is 6.79. The van der Waals surface area contributed by atoms with Crippen molar-refractivity contribution in [1.29, 1.82) is 0 Å². The monoisotopic (exact) mass is 585 g/mol. The van der Waals surface area contributed by atoms with Crippen LogP contribution >= 0.6 is 0 Å². The van der Waals surface area contributed by atoms with Crippen LogP contribution < -0.4 is 19.1 Å². The topological polar surface area (TPSA) is 204 Å². The van der Waals surface area contributed by atoms with E-state index in [2.05, 4.69) is 29.9 Å². The molecule has 2 aliphatic rings. The molecule has 224 valence electrons. The normalized spacial score (nSPS) is 19.0. The first-order valence-corrected chi connectivity index (χ1v) is 13.3. The van der Waals surface area contributed by atoms with Gasteiger partial charge in [0, 0.05) is 30.2 Å². The SMILES string of the molecule is CCOC(=O)N(c1cnc(-c2cnc(OC)nc2)cn1)[C@H]1CC[C@H](Oc2ncc(C(O)(O)O)c(OC3COC3)n2)CC1. The highest BCUT2D eigenvalue weighted by Crippen LogP contribution is 2.32. The summed E-state index contributed by atoms with van der Waals surface area (Å²) in [4.78, 5) is 39.7. The van der Waals surface area contributed by atoms with Crippen LogP contribution in [-0.4, -0.2) is 96.5 Å². The van der Waals surface area contributed by atoms with E-state index in [4.69, 9.17) is 23.7 Å². The average molecular weight is 586 g/mol. The number of rotatable bonds is 10. The number of carbonyl (C=O) groups is 1. The fourth-order valence-corrected chi connectivity index (χ4v) is 4.51. The molecule has 1 aliphatic carbocycles. The number of hydrogen-bond donors (Lipinski definition) is 3. The summed E-state index contributed by atoms with van der Waals surface area (Å²) in [5, 5.41) is 29.0. The second-order valence-corrected chi connectivity index (χ2v) is 9.62. The van der Waals surface area contributed by atoms with Crippen molar-refractivity contribution >= 4 is 11.9 Å². The molecule has 0 atom stereocenters. The van der Waals surface area contributed by atoms with E-state index in [1.54, 1.807) is 19.3 Å². The number of carbonyl (C=O) groups excluding carboxylic acids is 1. The van der Waals surface area contributed by atoms with E-state index in [0.717, 1.165) is 6.20 Å². The molecule has 0 bridgehead atoms. The van der Waals surface area contributed by atoms with Gasteiger partial charge in [0.25, 0.3) is 0 Å². The van der Waals surface area contributed by atoms with Crippen LogP contribution in [0.2, 0.25) is 0 Å². The predicted octanol–water partition coefficient (Wildman–Crippen LogP) is 0.950. The molecule has 42 heavy (non-hydrogen) atoms. The minimum absolute atomic E-state index is 0.0482. The molecule has 1 amide bonds. The molecule has 3 aromatic rings. The van der Waals surface area contributed by atoms with Gasteiger partial charge in [0.05, 0.1) is 45.0 Å². The molecule has 3 N–H and O–H groups in total. The van der Waals surface area contributed by atoms with E-state index in [9.17, 15) is 20.1 Å². The summed E-state index contributed by atoms with van der Waals surface area (Å²) < 4.78 is 26.9. The Bertz CT molecular complexity index is 1340. The first-order valence-electron chi connectivity index (χ1n) is 13.3. The molecule has 3 aromatic heterocycles. The standard InChI is InChI=1S/C26H31N7O9/c1-3-40-25(34)33(21-12-27-20(11-28-21)15-8-29-23(38-2)30-9-15)16-4-6-17(7-5-16)42-24-31-10-19(26(35,36)37)22(32-24)41-18-13-39-14-18/h8-12,16-18,35-37H,3-7,13-14H2,1-2H3/t16-,17-. The van der Waals surface area contributed by atoms with E-state index in [1.807, 2.05) is 0 Å². The van der Waals surface area contributed by atoms with Crippen LogP contribution in [0.5, 0.6) is 17.9 Å². The van der Waals surface area contributed by atoms with Crippen molar-refractivity contribution in [2.75, 3.05) is 31.8 Å². The van der Waals surface area contributed by atoms with Gasteiger partial charge in [0.2, 0.25) is 5.88 Å². The van der Waals surface area contributed by atoms with Gasteiger partial charge in [-0.05, 0) is 32.6 Å². The molecular formula is C26H31N7O9. The second kappa shape index (κ2) is 12.7. The molecule has 4 heterocycles. The van der Waals surface area contributed by atoms with Gasteiger partial charge in [-0.1, -0.05) is 0 Å². The lowest BCUT2D eigenvalue weighted by Crippen LogP contribution is -2.45. The lowest BCUT2D eigenvalue weighted by molar-refractivity contribution is -0.325. The molecule has 16 heteroatoms. The van der Waals surface area contributed by atoms with Gasteiger partial charge in [0.15, 0.2) is 5.82 Å². The van der Waals surface area contributed by atoms with Crippen LogP contribution in [0.25, 0.3) is 11.3 Å². The van der Waals surface area contributed by atoms with Crippen molar-refractivity contribution in [3.8, 4) is 29.2 Å². The van der Waals surface area contributed by atoms with E-state index in [-0.39, 0.29) is 42.8 Å². The molecule has 1 saturated carbocycles. The van der Waals surface area contributed by atoms with Gasteiger partial charge in [-0.15, -0.1) is 0 Å². The van der Waals surface area contributed by atoms with Gasteiger partial charge in [-0.3, -0.25) is 9.88 Å². The van der Waals surface area contributed by atoms with Crippen molar-refractivity contribution in [2.45, 2.75) is 56.8 Å². The van der Waals surface area contributed by atoms with Crippen molar-refractivity contribution in [1.82, 2.24) is 29.9 Å². The van der Waals surface area contributed by atoms with Crippen LogP contribution in [0.1, 0.15) is 38.2 Å². The first-order chi connectivity index (χ1) is 20.2. The number of aliphatic hydroxyl groups is 3. The van der Waals surface area contributed by atoms with Crippen LogP contribution in [-0.2, 0) is 15.4 Å². The molecule has 16 nitrogen and oxygen atoms in total. The predicted molar refractivity (Wildman–Crippen MR) is 141 cm³/mol. The van der Waals surface area contributed by atoms with Crippen LogP contribution in [0.15, 0.2) is 31.0 Å². The highest BCUT2D eigenvalue weighted by molar-refractivity contribution is 5.87. The zero-order chi connectivity index (χ0) is 29.7. The van der Waals surface area contributed by atoms with E-state index >= 15 is 0 Å². The van der Waals surface area contributed by atoms with Crippen molar-refractivity contribution in [3.05, 3.63) is 36.5 Å². The number of nitrogens with zero attached hydrogens (tertiary/aromatic N) is 7. The number of aromatic nitrogens is 6. The Hall–Kier alpha value is -4.25. The van der Waals surface area contributed by atoms with Crippen molar-refractivity contribution in [2.24, 2.45) is 0 Å². The molecule has 0 spiro atoms. The van der Waals surface area contributed by atoms with Gasteiger partial charge in [-0.2, -0.15) is 4.98 Å². The molecular weight excluding hydrogens is 554 g/mol. The van der Waals surface area contributed by atoms with Crippen molar-refractivity contribution in [3.63, 3.8) is 0 Å². The largest absolute Gasteiger partial charge is 0.469 e. The third-order valence-corrected chi connectivity index (χ3v) is 6.72. The first kappa shape index (κ1) is 29.2. The Morgan fingerprint density at radius 3 is 2.21 bits per heavy atom. The Balaban J connectivity index is 1.26. The fraction of sp³-hybridized carbons (Fsp3) is 0.500. The second-order valence-electron chi connectivity index (χ2n) is 9.62. The van der Waals surface area contributed by atoms with E-state index < -0.39 is 17.6 Å². The number of anilines is 1. The molecule has 0 unspecified atom stereocenters. The zero-order valence-corrected chi connectivity index (χ0v) is 23.0. The number of ether oxygens (including phenoxy) is 5. The molecule has 5 rings (SSSR count). The number of hydrogen-bond acceptors (Lipinski definition) is 15. The fourth-order valence-electron chi connectivity index (χ4n) is 4.51. The van der Waals surface area contributed by atoms with Crippen molar-refractivity contribution < 1.29 is 43.8 Å². The average Bonchev–Trinajstić information content (AvgIpc) is 2.96. The maximum absolute atomic E-state index is 13.0. The van der Waals surface area contributed by atoms with Crippen LogP contribution in [0.3, 0.4) is 0 Å². The summed E-state index contributed by atoms with van der Waals surface area (Å²) in [6.07, 6.45) is 8.29. The van der Waals surface area contributed by atoms with Crippen LogP contribution in [0.4, 0.5) is 10.6 Å². The Labute approximate surface area is 240 Å². The Kier molecular flexibility index (Phi) is 8.86. The lowest BCUT2D eigenvalue weighted by atomic mass is 9.92. The summed E-state index contributed by atoms with van der Waals surface area (Å²) in [7, 11) is 1.48. The highest BCUT2D eigenvalue weighted by Gasteiger charge is 2.35.